The van der Waals surface area contributed by atoms with Crippen LogP contribution in [0.25, 0.3) is 11.2 Å². The van der Waals surface area contributed by atoms with Gasteiger partial charge in [0.25, 0.3) is 5.56 Å². The summed E-state index contributed by atoms with van der Waals surface area (Å²) in [6.07, 6.45) is 0.861. The Kier molecular flexibility index (Phi) is 5.56. The summed E-state index contributed by atoms with van der Waals surface area (Å²) in [5.74, 6) is 0.671. The molecule has 0 N–H and O–H groups in total. The predicted molar refractivity (Wildman–Crippen MR) is 124 cm³/mol. The van der Waals surface area contributed by atoms with E-state index in [0.717, 1.165) is 37.3 Å². The maximum Gasteiger partial charge on any atom is 0.332 e. The minimum atomic E-state index is -0.337. The van der Waals surface area contributed by atoms with Crippen molar-refractivity contribution in [2.45, 2.75) is 26.4 Å². The Balaban J connectivity index is 1.58. The number of halogens is 1. The van der Waals surface area contributed by atoms with Crippen LogP contribution in [-0.4, -0.2) is 63.0 Å². The number of nitrogens with zero attached hydrogens (tertiary/aromatic N) is 6. The lowest BCUT2D eigenvalue weighted by atomic mass is 10.2. The lowest BCUT2D eigenvalue weighted by molar-refractivity contribution is 0.0361. The molecule has 0 atom stereocenters. The minimum absolute atomic E-state index is 0.279. The van der Waals surface area contributed by atoms with Crippen molar-refractivity contribution in [1.82, 2.24) is 23.6 Å². The van der Waals surface area contributed by atoms with Crippen LogP contribution >= 0.6 is 11.6 Å². The Morgan fingerprint density at radius 3 is 2.62 bits per heavy atom. The third-order valence-electron chi connectivity index (χ3n) is 6.43. The van der Waals surface area contributed by atoms with E-state index in [1.54, 1.807) is 7.05 Å². The van der Waals surface area contributed by atoms with E-state index in [2.05, 4.69) is 9.80 Å². The summed E-state index contributed by atoms with van der Waals surface area (Å²) in [6.45, 7) is 7.38. The number of aromatic nitrogens is 4. The zero-order valence-electron chi connectivity index (χ0n) is 18.4. The van der Waals surface area contributed by atoms with Crippen molar-refractivity contribution < 1.29 is 4.74 Å². The number of ether oxygens (including phenoxy) is 1. The first-order valence-electron chi connectivity index (χ1n) is 11.0. The van der Waals surface area contributed by atoms with E-state index < -0.39 is 0 Å². The van der Waals surface area contributed by atoms with Crippen LogP contribution in [0, 0.1) is 6.92 Å². The maximum atomic E-state index is 13.5. The summed E-state index contributed by atoms with van der Waals surface area (Å²) >= 11 is 6.37. The third-order valence-corrected chi connectivity index (χ3v) is 6.84. The van der Waals surface area contributed by atoms with Gasteiger partial charge in [-0.05, 0) is 31.0 Å². The average Bonchev–Trinajstić information content (AvgIpc) is 3.20. The number of anilines is 2. The molecule has 0 bridgehead atoms. The van der Waals surface area contributed by atoms with Crippen molar-refractivity contribution in [3.05, 3.63) is 49.6 Å². The van der Waals surface area contributed by atoms with Crippen molar-refractivity contribution in [2.24, 2.45) is 7.05 Å². The largest absolute Gasteiger partial charge is 0.379 e. The molecule has 0 unspecified atom stereocenters. The lowest BCUT2D eigenvalue weighted by Crippen LogP contribution is -2.44. The van der Waals surface area contributed by atoms with E-state index in [0.29, 0.717) is 55.0 Å². The van der Waals surface area contributed by atoms with Crippen LogP contribution in [0.3, 0.4) is 0 Å². The topological polar surface area (TPSA) is 77.5 Å². The van der Waals surface area contributed by atoms with Gasteiger partial charge in [0.2, 0.25) is 5.95 Å². The number of morpholine rings is 1. The molecule has 0 radical (unpaired) electrons. The molecule has 0 saturated carbocycles. The zero-order valence-corrected chi connectivity index (χ0v) is 19.1. The van der Waals surface area contributed by atoms with Crippen LogP contribution in [0.4, 0.5) is 11.6 Å². The molecular weight excluding hydrogens is 432 g/mol. The number of benzene rings is 1. The van der Waals surface area contributed by atoms with Crippen LogP contribution in [0.15, 0.2) is 27.8 Å². The number of aryl methyl sites for hydroxylation is 3. The van der Waals surface area contributed by atoms with Gasteiger partial charge in [0.05, 0.1) is 13.2 Å². The molecule has 3 aromatic rings. The summed E-state index contributed by atoms with van der Waals surface area (Å²) in [6, 6.07) is 5.91. The summed E-state index contributed by atoms with van der Waals surface area (Å²) in [5.41, 5.74) is 2.21. The van der Waals surface area contributed by atoms with E-state index >= 15 is 0 Å². The Bertz CT molecular complexity index is 1290. The molecule has 2 aliphatic heterocycles. The van der Waals surface area contributed by atoms with Gasteiger partial charge in [-0.15, -0.1) is 0 Å². The molecule has 4 heterocycles. The quantitative estimate of drug-likeness (QED) is 0.592. The first-order valence-corrected chi connectivity index (χ1v) is 11.4. The van der Waals surface area contributed by atoms with Gasteiger partial charge in [0, 0.05) is 57.0 Å². The van der Waals surface area contributed by atoms with Crippen LogP contribution in [0.1, 0.15) is 12.0 Å². The molecule has 1 saturated heterocycles. The molecule has 0 amide bonds. The maximum absolute atomic E-state index is 13.5. The third kappa shape index (κ3) is 3.54. The normalized spacial score (nSPS) is 17.2. The van der Waals surface area contributed by atoms with E-state index in [9.17, 15) is 9.59 Å². The Morgan fingerprint density at radius 2 is 1.88 bits per heavy atom. The molecule has 0 aliphatic carbocycles. The van der Waals surface area contributed by atoms with Gasteiger partial charge in [0.1, 0.15) is 0 Å². The Hall–Kier alpha value is -2.62. The molecule has 170 valence electrons. The number of imidazole rings is 1. The molecular formula is C22H27ClN6O3. The summed E-state index contributed by atoms with van der Waals surface area (Å²) in [7, 11) is 1.68. The van der Waals surface area contributed by atoms with Crippen LogP contribution in [0.2, 0.25) is 5.02 Å². The van der Waals surface area contributed by atoms with E-state index in [-0.39, 0.29) is 11.2 Å². The monoisotopic (exact) mass is 458 g/mol. The fraction of sp³-hybridized carbons (Fsp3) is 0.500. The van der Waals surface area contributed by atoms with Crippen molar-refractivity contribution >= 4 is 34.4 Å². The molecule has 1 fully saturated rings. The van der Waals surface area contributed by atoms with Gasteiger partial charge < -0.3 is 14.2 Å². The molecule has 10 heteroatoms. The Labute approximate surface area is 190 Å². The van der Waals surface area contributed by atoms with Crippen LogP contribution in [-0.2, 0) is 24.9 Å². The molecule has 2 aromatic heterocycles. The van der Waals surface area contributed by atoms with Gasteiger partial charge in [-0.25, -0.2) is 4.79 Å². The molecule has 2 aliphatic rings. The second-order valence-corrected chi connectivity index (χ2v) is 8.83. The Morgan fingerprint density at radius 1 is 1.09 bits per heavy atom. The SMILES string of the molecule is Cc1ccc(N2CCCn3c2nc2c3c(=O)n(CCN3CCOCC3)c(=O)n2C)cc1Cl. The average molecular weight is 459 g/mol. The van der Waals surface area contributed by atoms with Crippen molar-refractivity contribution in [1.29, 1.82) is 0 Å². The first kappa shape index (κ1) is 21.2. The number of hydrogen-bond donors (Lipinski definition) is 0. The van der Waals surface area contributed by atoms with Crippen molar-refractivity contribution in [3.63, 3.8) is 0 Å². The number of hydrogen-bond acceptors (Lipinski definition) is 6. The molecule has 32 heavy (non-hydrogen) atoms. The highest BCUT2D eigenvalue weighted by Gasteiger charge is 2.27. The minimum Gasteiger partial charge on any atom is -0.379 e. The predicted octanol–water partition coefficient (Wildman–Crippen LogP) is 1.73. The van der Waals surface area contributed by atoms with Gasteiger partial charge in [0.15, 0.2) is 11.2 Å². The smallest absolute Gasteiger partial charge is 0.332 e. The zero-order chi connectivity index (χ0) is 22.4. The fourth-order valence-corrected chi connectivity index (χ4v) is 4.70. The summed E-state index contributed by atoms with van der Waals surface area (Å²) < 4.78 is 10.2. The number of fused-ring (bicyclic) bond motifs is 3. The van der Waals surface area contributed by atoms with Crippen molar-refractivity contribution in [2.75, 3.05) is 44.3 Å². The highest BCUT2D eigenvalue weighted by atomic mass is 35.5. The number of rotatable bonds is 4. The van der Waals surface area contributed by atoms with Gasteiger partial charge in [-0.3, -0.25) is 18.8 Å². The second-order valence-electron chi connectivity index (χ2n) is 8.43. The van der Waals surface area contributed by atoms with Crippen LogP contribution in [0.5, 0.6) is 0 Å². The molecule has 9 nitrogen and oxygen atoms in total. The summed E-state index contributed by atoms with van der Waals surface area (Å²) in [5, 5.41) is 0.689. The highest BCUT2D eigenvalue weighted by Crippen LogP contribution is 2.33. The van der Waals surface area contributed by atoms with Gasteiger partial charge >= 0.3 is 5.69 Å². The van der Waals surface area contributed by atoms with E-state index in [1.807, 2.05) is 29.7 Å². The van der Waals surface area contributed by atoms with Gasteiger partial charge in [-0.2, -0.15) is 4.98 Å². The first-order chi connectivity index (χ1) is 15.5. The van der Waals surface area contributed by atoms with E-state index in [4.69, 9.17) is 21.3 Å². The van der Waals surface area contributed by atoms with E-state index in [1.165, 1.54) is 9.13 Å². The van der Waals surface area contributed by atoms with Crippen molar-refractivity contribution in [3.8, 4) is 0 Å². The van der Waals surface area contributed by atoms with Crippen LogP contribution < -0.4 is 16.1 Å². The molecule has 1 aromatic carbocycles. The fourth-order valence-electron chi connectivity index (χ4n) is 4.52. The highest BCUT2D eigenvalue weighted by molar-refractivity contribution is 6.31. The summed E-state index contributed by atoms with van der Waals surface area (Å²) in [4.78, 5) is 35.5. The molecule has 0 spiro atoms. The second kappa shape index (κ2) is 8.38. The van der Waals surface area contributed by atoms with Gasteiger partial charge in [-0.1, -0.05) is 17.7 Å². The standard InChI is InChI=1S/C22H27ClN6O3/c1-15-4-5-16(14-17(15)23)27-6-3-7-28-18-19(24-21(27)28)25(2)22(31)29(20(18)30)9-8-26-10-12-32-13-11-26/h4-5,14H,3,6-13H2,1-2H3. The molecule has 5 rings (SSSR count). The lowest BCUT2D eigenvalue weighted by Gasteiger charge is -2.29.